The molecule has 1 aliphatic carbocycles. The molecule has 1 N–H and O–H groups in total. The minimum Gasteiger partial charge on any atom is -0.353 e. The second kappa shape index (κ2) is 6.49. The molecule has 0 saturated heterocycles. The summed E-state index contributed by atoms with van der Waals surface area (Å²) in [5, 5.41) is 6.45. The van der Waals surface area contributed by atoms with Crippen molar-refractivity contribution in [2.24, 2.45) is 0 Å². The van der Waals surface area contributed by atoms with E-state index in [1.165, 1.54) is 11.1 Å². The summed E-state index contributed by atoms with van der Waals surface area (Å²) in [5.74, 6) is -0.120. The molecule has 0 unspecified atom stereocenters. The van der Waals surface area contributed by atoms with Crippen molar-refractivity contribution in [3.63, 3.8) is 0 Å². The fraction of sp³-hybridized carbons (Fsp3) is 0.714. The normalized spacial score (nSPS) is 17.0. The van der Waals surface area contributed by atoms with Crippen LogP contribution in [0.25, 0.3) is 0 Å². The lowest BCUT2D eigenvalue weighted by Gasteiger charge is -2.22. The van der Waals surface area contributed by atoms with Crippen LogP contribution in [0, 0.1) is 6.92 Å². The number of alkyl halides is 3. The minimum absolute atomic E-state index is 0.120. The molecular formula is C14H20F3N3O. The molecule has 0 aliphatic heterocycles. The monoisotopic (exact) mass is 303 g/mol. The molecule has 0 bridgehead atoms. The summed E-state index contributed by atoms with van der Waals surface area (Å²) in [6.07, 6.45) is 1.14. The molecule has 0 aromatic carbocycles. The average Bonchev–Trinajstić information content (AvgIpc) is 2.79. The Labute approximate surface area is 121 Å². The molecule has 0 spiro atoms. The maximum Gasteiger partial charge on any atom is 0.435 e. The molecule has 118 valence electrons. The van der Waals surface area contributed by atoms with Gasteiger partial charge in [0, 0.05) is 24.7 Å². The van der Waals surface area contributed by atoms with Gasteiger partial charge in [-0.25, -0.2) is 0 Å². The van der Waals surface area contributed by atoms with Crippen molar-refractivity contribution in [2.45, 2.75) is 64.2 Å². The molecule has 1 aromatic rings. The van der Waals surface area contributed by atoms with Crippen molar-refractivity contribution in [3.8, 4) is 0 Å². The summed E-state index contributed by atoms with van der Waals surface area (Å²) in [6, 6.07) is 1.22. The molecule has 4 nitrogen and oxygen atoms in total. The van der Waals surface area contributed by atoms with E-state index >= 15 is 0 Å². The SMILES string of the molecule is Cc1cc(C(F)(F)F)nn1CCC(=O)NC1CCCCC1. The Kier molecular flexibility index (Phi) is 4.90. The number of amides is 1. The van der Waals surface area contributed by atoms with E-state index in [4.69, 9.17) is 0 Å². The summed E-state index contributed by atoms with van der Waals surface area (Å²) in [6.45, 7) is 1.72. The maximum atomic E-state index is 12.5. The van der Waals surface area contributed by atoms with Gasteiger partial charge < -0.3 is 5.32 Å². The zero-order valence-electron chi connectivity index (χ0n) is 12.0. The lowest BCUT2D eigenvalue weighted by molar-refractivity contribution is -0.141. The van der Waals surface area contributed by atoms with Crippen LogP contribution >= 0.6 is 0 Å². The van der Waals surface area contributed by atoms with Crippen molar-refractivity contribution < 1.29 is 18.0 Å². The largest absolute Gasteiger partial charge is 0.435 e. The van der Waals surface area contributed by atoms with E-state index in [0.717, 1.165) is 31.7 Å². The molecular weight excluding hydrogens is 283 g/mol. The van der Waals surface area contributed by atoms with E-state index < -0.39 is 11.9 Å². The molecule has 7 heteroatoms. The van der Waals surface area contributed by atoms with Crippen LogP contribution < -0.4 is 5.32 Å². The summed E-state index contributed by atoms with van der Waals surface area (Å²) in [7, 11) is 0. The Hall–Kier alpha value is -1.53. The van der Waals surface area contributed by atoms with Crippen molar-refractivity contribution in [1.82, 2.24) is 15.1 Å². The van der Waals surface area contributed by atoms with Gasteiger partial charge in [-0.3, -0.25) is 9.48 Å². The molecule has 1 aromatic heterocycles. The number of nitrogens with zero attached hydrogens (tertiary/aromatic N) is 2. The van der Waals surface area contributed by atoms with Crippen LogP contribution in [0.1, 0.15) is 49.9 Å². The number of aromatic nitrogens is 2. The molecule has 2 rings (SSSR count). The predicted molar refractivity (Wildman–Crippen MR) is 71.6 cm³/mol. The predicted octanol–water partition coefficient (Wildman–Crippen LogP) is 3.05. The van der Waals surface area contributed by atoms with Gasteiger partial charge in [-0.15, -0.1) is 0 Å². The second-order valence-electron chi connectivity index (χ2n) is 5.54. The second-order valence-corrected chi connectivity index (χ2v) is 5.54. The molecule has 0 radical (unpaired) electrons. The van der Waals surface area contributed by atoms with E-state index in [-0.39, 0.29) is 24.9 Å². The van der Waals surface area contributed by atoms with Gasteiger partial charge in [0.05, 0.1) is 0 Å². The van der Waals surface area contributed by atoms with E-state index in [1.54, 1.807) is 6.92 Å². The highest BCUT2D eigenvalue weighted by Crippen LogP contribution is 2.28. The van der Waals surface area contributed by atoms with Crippen LogP contribution in [0.15, 0.2) is 6.07 Å². The van der Waals surface area contributed by atoms with Gasteiger partial charge in [0.25, 0.3) is 0 Å². The smallest absolute Gasteiger partial charge is 0.353 e. The number of hydrogen-bond acceptors (Lipinski definition) is 2. The van der Waals surface area contributed by atoms with Gasteiger partial charge in [-0.2, -0.15) is 18.3 Å². The zero-order valence-corrected chi connectivity index (χ0v) is 12.0. The van der Waals surface area contributed by atoms with Crippen LogP contribution in [0.3, 0.4) is 0 Å². The van der Waals surface area contributed by atoms with Crippen LogP contribution in [0.2, 0.25) is 0 Å². The Morgan fingerprint density at radius 1 is 1.38 bits per heavy atom. The van der Waals surface area contributed by atoms with Crippen LogP contribution in [-0.4, -0.2) is 21.7 Å². The van der Waals surface area contributed by atoms with Gasteiger partial charge >= 0.3 is 6.18 Å². The van der Waals surface area contributed by atoms with Crippen LogP contribution in [0.5, 0.6) is 0 Å². The Morgan fingerprint density at radius 3 is 2.62 bits per heavy atom. The number of aryl methyl sites for hydroxylation is 2. The summed E-state index contributed by atoms with van der Waals surface area (Å²) < 4.78 is 38.8. The van der Waals surface area contributed by atoms with Crippen molar-refractivity contribution in [3.05, 3.63) is 17.5 Å². The fourth-order valence-electron chi connectivity index (χ4n) is 2.63. The van der Waals surface area contributed by atoms with E-state index in [1.807, 2.05) is 0 Å². The van der Waals surface area contributed by atoms with Crippen molar-refractivity contribution >= 4 is 5.91 Å². The lowest BCUT2D eigenvalue weighted by atomic mass is 9.95. The van der Waals surface area contributed by atoms with E-state index in [9.17, 15) is 18.0 Å². The van der Waals surface area contributed by atoms with Crippen LogP contribution in [0.4, 0.5) is 13.2 Å². The number of nitrogens with one attached hydrogen (secondary N) is 1. The number of rotatable bonds is 4. The molecule has 0 atom stereocenters. The highest BCUT2D eigenvalue weighted by Gasteiger charge is 2.34. The van der Waals surface area contributed by atoms with Crippen molar-refractivity contribution in [1.29, 1.82) is 0 Å². The van der Waals surface area contributed by atoms with E-state index in [2.05, 4.69) is 10.4 Å². The standard InChI is InChI=1S/C14H20F3N3O/c1-10-9-12(14(15,16)17)19-20(10)8-7-13(21)18-11-5-3-2-4-6-11/h9,11H,2-8H2,1H3,(H,18,21). The third-order valence-electron chi connectivity index (χ3n) is 3.79. The minimum atomic E-state index is -4.44. The van der Waals surface area contributed by atoms with Gasteiger partial charge in [0.15, 0.2) is 5.69 Å². The maximum absolute atomic E-state index is 12.5. The summed E-state index contributed by atoms with van der Waals surface area (Å²) >= 11 is 0. The van der Waals surface area contributed by atoms with Gasteiger partial charge in [-0.1, -0.05) is 19.3 Å². The van der Waals surface area contributed by atoms with Crippen molar-refractivity contribution in [2.75, 3.05) is 0 Å². The number of carbonyl (C=O) groups excluding carboxylic acids is 1. The lowest BCUT2D eigenvalue weighted by Crippen LogP contribution is -2.36. The third-order valence-corrected chi connectivity index (χ3v) is 3.79. The van der Waals surface area contributed by atoms with Crippen LogP contribution in [-0.2, 0) is 17.5 Å². The molecule has 1 saturated carbocycles. The van der Waals surface area contributed by atoms with Gasteiger partial charge in [0.1, 0.15) is 0 Å². The first-order valence-electron chi connectivity index (χ1n) is 7.27. The fourth-order valence-corrected chi connectivity index (χ4v) is 2.63. The molecule has 1 fully saturated rings. The molecule has 1 aliphatic rings. The van der Waals surface area contributed by atoms with Gasteiger partial charge in [-0.05, 0) is 25.8 Å². The molecule has 1 amide bonds. The third kappa shape index (κ3) is 4.47. The number of hydrogen-bond donors (Lipinski definition) is 1. The molecule has 1 heterocycles. The number of halogens is 3. The zero-order chi connectivity index (χ0) is 15.5. The Morgan fingerprint density at radius 2 is 2.05 bits per heavy atom. The number of carbonyl (C=O) groups is 1. The topological polar surface area (TPSA) is 46.9 Å². The first-order valence-corrected chi connectivity index (χ1v) is 7.27. The highest BCUT2D eigenvalue weighted by atomic mass is 19.4. The first-order chi connectivity index (χ1) is 9.86. The Bertz CT molecular complexity index is 490. The van der Waals surface area contributed by atoms with Gasteiger partial charge in [0.2, 0.25) is 5.91 Å². The van der Waals surface area contributed by atoms with E-state index in [0.29, 0.717) is 5.69 Å². The first kappa shape index (κ1) is 15.9. The average molecular weight is 303 g/mol. The highest BCUT2D eigenvalue weighted by molar-refractivity contribution is 5.76. The summed E-state index contributed by atoms with van der Waals surface area (Å²) in [5.41, 5.74) is -0.500. The Balaban J connectivity index is 1.85. The molecule has 21 heavy (non-hydrogen) atoms. The quantitative estimate of drug-likeness (QED) is 0.929. The summed E-state index contributed by atoms with van der Waals surface area (Å²) in [4.78, 5) is 11.8.